The zero-order valence-corrected chi connectivity index (χ0v) is 17.8. The minimum atomic E-state index is 0.730. The second kappa shape index (κ2) is 9.59. The maximum Gasteiger partial charge on any atom is 0.218 e. The number of ether oxygens (including phenoxy) is 2. The summed E-state index contributed by atoms with van der Waals surface area (Å²) in [5.74, 6) is 1.58. The summed E-state index contributed by atoms with van der Waals surface area (Å²) < 4.78 is 10.9. The topological polar surface area (TPSA) is 37.8 Å². The highest BCUT2D eigenvalue weighted by atomic mass is 16.5. The SMILES string of the molecule is COc1ccc(-c2ccc(CN3CCN(C4CCCCC4)CC3)c(OC)n2)cc1. The summed E-state index contributed by atoms with van der Waals surface area (Å²) in [7, 11) is 3.39. The number of hydrogen-bond donors (Lipinski definition) is 0. The van der Waals surface area contributed by atoms with Crippen molar-refractivity contribution in [3.8, 4) is 22.9 Å². The molecule has 5 nitrogen and oxygen atoms in total. The van der Waals surface area contributed by atoms with Crippen LogP contribution in [0.15, 0.2) is 36.4 Å². The van der Waals surface area contributed by atoms with Gasteiger partial charge in [-0.1, -0.05) is 25.3 Å². The van der Waals surface area contributed by atoms with Gasteiger partial charge in [-0.25, -0.2) is 4.98 Å². The largest absolute Gasteiger partial charge is 0.497 e. The fourth-order valence-electron chi connectivity index (χ4n) is 4.66. The van der Waals surface area contributed by atoms with Crippen molar-refractivity contribution >= 4 is 0 Å². The van der Waals surface area contributed by atoms with Crippen LogP contribution in [0.3, 0.4) is 0 Å². The molecule has 29 heavy (non-hydrogen) atoms. The Morgan fingerprint density at radius 2 is 1.59 bits per heavy atom. The number of hydrogen-bond acceptors (Lipinski definition) is 5. The molecule has 2 heterocycles. The van der Waals surface area contributed by atoms with Gasteiger partial charge in [-0.2, -0.15) is 0 Å². The average Bonchev–Trinajstić information content (AvgIpc) is 2.80. The Morgan fingerprint density at radius 3 is 2.24 bits per heavy atom. The molecule has 0 spiro atoms. The van der Waals surface area contributed by atoms with Crippen LogP contribution in [0.1, 0.15) is 37.7 Å². The molecule has 1 aromatic carbocycles. The van der Waals surface area contributed by atoms with Gasteiger partial charge < -0.3 is 9.47 Å². The maximum atomic E-state index is 5.64. The van der Waals surface area contributed by atoms with E-state index in [4.69, 9.17) is 14.5 Å². The molecule has 1 aliphatic heterocycles. The Labute approximate surface area is 174 Å². The highest BCUT2D eigenvalue weighted by Crippen LogP contribution is 2.27. The van der Waals surface area contributed by atoms with Crippen LogP contribution in [0.4, 0.5) is 0 Å². The van der Waals surface area contributed by atoms with Crippen LogP contribution < -0.4 is 9.47 Å². The van der Waals surface area contributed by atoms with Gasteiger partial charge in [0.2, 0.25) is 5.88 Å². The first-order valence-corrected chi connectivity index (χ1v) is 10.9. The molecule has 2 fully saturated rings. The molecule has 5 heteroatoms. The molecule has 0 bridgehead atoms. The van der Waals surface area contributed by atoms with Crippen molar-refractivity contribution < 1.29 is 9.47 Å². The van der Waals surface area contributed by atoms with Crippen LogP contribution in [0.25, 0.3) is 11.3 Å². The summed E-state index contributed by atoms with van der Waals surface area (Å²) in [6, 6.07) is 13.1. The zero-order valence-electron chi connectivity index (χ0n) is 17.8. The van der Waals surface area contributed by atoms with Gasteiger partial charge in [0.1, 0.15) is 5.75 Å². The van der Waals surface area contributed by atoms with Crippen LogP contribution in [-0.2, 0) is 6.54 Å². The molecule has 0 atom stereocenters. The van der Waals surface area contributed by atoms with Gasteiger partial charge in [0.25, 0.3) is 0 Å². The summed E-state index contributed by atoms with van der Waals surface area (Å²) in [5.41, 5.74) is 3.16. The van der Waals surface area contributed by atoms with Crippen LogP contribution in [-0.4, -0.2) is 61.2 Å². The smallest absolute Gasteiger partial charge is 0.218 e. The predicted molar refractivity (Wildman–Crippen MR) is 117 cm³/mol. The summed E-state index contributed by atoms with van der Waals surface area (Å²) >= 11 is 0. The van der Waals surface area contributed by atoms with E-state index in [1.807, 2.05) is 24.3 Å². The normalized spacial score (nSPS) is 19.2. The second-order valence-corrected chi connectivity index (χ2v) is 8.20. The molecule has 2 aromatic rings. The van der Waals surface area contributed by atoms with Crippen LogP contribution in [0.2, 0.25) is 0 Å². The van der Waals surface area contributed by atoms with Crippen molar-refractivity contribution in [1.82, 2.24) is 14.8 Å². The third-order valence-corrected chi connectivity index (χ3v) is 6.41. The molecular formula is C24H33N3O2. The highest BCUT2D eigenvalue weighted by molar-refractivity contribution is 5.61. The Hall–Kier alpha value is -2.11. The standard InChI is InChI=1S/C24H33N3O2/c1-28-22-11-8-19(9-12-22)23-13-10-20(24(25-23)29-2)18-26-14-16-27(17-15-26)21-6-4-3-5-7-21/h8-13,21H,3-7,14-18H2,1-2H3. The van der Waals surface area contributed by atoms with Gasteiger partial charge in [-0.05, 0) is 43.2 Å². The summed E-state index contributed by atoms with van der Waals surface area (Å²) in [6.45, 7) is 5.52. The molecule has 156 valence electrons. The van der Waals surface area contributed by atoms with E-state index in [0.717, 1.165) is 54.1 Å². The third kappa shape index (κ3) is 4.90. The fourth-order valence-corrected chi connectivity index (χ4v) is 4.66. The Bertz CT molecular complexity index is 779. The summed E-state index contributed by atoms with van der Waals surface area (Å²) in [4.78, 5) is 10.0. The van der Waals surface area contributed by atoms with Gasteiger partial charge in [-0.3, -0.25) is 9.80 Å². The highest BCUT2D eigenvalue weighted by Gasteiger charge is 2.25. The van der Waals surface area contributed by atoms with Crippen molar-refractivity contribution in [2.45, 2.75) is 44.7 Å². The van der Waals surface area contributed by atoms with Crippen molar-refractivity contribution in [3.63, 3.8) is 0 Å². The molecule has 1 aliphatic carbocycles. The van der Waals surface area contributed by atoms with E-state index in [1.165, 1.54) is 45.2 Å². The minimum Gasteiger partial charge on any atom is -0.497 e. The monoisotopic (exact) mass is 395 g/mol. The molecule has 1 saturated heterocycles. The summed E-state index contributed by atoms with van der Waals surface area (Å²) in [5, 5.41) is 0. The lowest BCUT2D eigenvalue weighted by atomic mass is 9.94. The molecule has 0 unspecified atom stereocenters. The van der Waals surface area contributed by atoms with Crippen LogP contribution in [0, 0.1) is 0 Å². The van der Waals surface area contributed by atoms with E-state index in [1.54, 1.807) is 14.2 Å². The minimum absolute atomic E-state index is 0.730. The van der Waals surface area contributed by atoms with E-state index in [2.05, 4.69) is 21.9 Å². The van der Waals surface area contributed by atoms with Crippen molar-refractivity contribution in [2.24, 2.45) is 0 Å². The van der Waals surface area contributed by atoms with Gasteiger partial charge in [0, 0.05) is 49.9 Å². The number of pyridine rings is 1. The quantitative estimate of drug-likeness (QED) is 0.732. The van der Waals surface area contributed by atoms with Crippen LogP contribution in [0.5, 0.6) is 11.6 Å². The summed E-state index contributed by atoms with van der Waals surface area (Å²) in [6.07, 6.45) is 7.04. The molecule has 4 rings (SSSR count). The van der Waals surface area contributed by atoms with Gasteiger partial charge in [0.15, 0.2) is 0 Å². The molecule has 1 saturated carbocycles. The Morgan fingerprint density at radius 1 is 0.862 bits per heavy atom. The number of rotatable bonds is 6. The Kier molecular flexibility index (Phi) is 6.67. The van der Waals surface area contributed by atoms with E-state index >= 15 is 0 Å². The number of methoxy groups -OCH3 is 2. The van der Waals surface area contributed by atoms with Crippen molar-refractivity contribution in [1.29, 1.82) is 0 Å². The number of benzene rings is 1. The first kappa shape index (κ1) is 20.2. The average molecular weight is 396 g/mol. The van der Waals surface area contributed by atoms with Gasteiger partial charge in [-0.15, -0.1) is 0 Å². The first-order chi connectivity index (χ1) is 14.3. The Balaban J connectivity index is 1.38. The van der Waals surface area contributed by atoms with E-state index in [9.17, 15) is 0 Å². The second-order valence-electron chi connectivity index (χ2n) is 8.20. The van der Waals surface area contributed by atoms with Gasteiger partial charge in [0.05, 0.1) is 19.9 Å². The van der Waals surface area contributed by atoms with Crippen LogP contribution >= 0.6 is 0 Å². The number of aromatic nitrogens is 1. The number of nitrogens with zero attached hydrogens (tertiary/aromatic N) is 3. The third-order valence-electron chi connectivity index (χ3n) is 6.41. The number of piperazine rings is 1. The van der Waals surface area contributed by atoms with E-state index < -0.39 is 0 Å². The van der Waals surface area contributed by atoms with Gasteiger partial charge >= 0.3 is 0 Å². The zero-order chi connectivity index (χ0) is 20.1. The lowest BCUT2D eigenvalue weighted by molar-refractivity contribution is 0.0750. The molecule has 0 radical (unpaired) electrons. The van der Waals surface area contributed by atoms with Crippen molar-refractivity contribution in [2.75, 3.05) is 40.4 Å². The lowest BCUT2D eigenvalue weighted by Crippen LogP contribution is -2.50. The molecule has 2 aliphatic rings. The van der Waals surface area contributed by atoms with E-state index in [-0.39, 0.29) is 0 Å². The predicted octanol–water partition coefficient (Wildman–Crippen LogP) is 4.22. The fraction of sp³-hybridized carbons (Fsp3) is 0.542. The first-order valence-electron chi connectivity index (χ1n) is 10.9. The molecule has 0 N–H and O–H groups in total. The molecule has 0 amide bonds. The van der Waals surface area contributed by atoms with E-state index in [0.29, 0.717) is 0 Å². The molecule has 1 aromatic heterocycles. The maximum absolute atomic E-state index is 5.64. The van der Waals surface area contributed by atoms with Crippen molar-refractivity contribution in [3.05, 3.63) is 42.0 Å². The molecular weight excluding hydrogens is 362 g/mol. The lowest BCUT2D eigenvalue weighted by Gasteiger charge is -2.40.